The van der Waals surface area contributed by atoms with Crippen molar-refractivity contribution in [2.75, 3.05) is 14.2 Å². The quantitative estimate of drug-likeness (QED) is 0.474. The summed E-state index contributed by atoms with van der Waals surface area (Å²) in [5.41, 5.74) is 2.96. The Labute approximate surface area is 162 Å². The van der Waals surface area contributed by atoms with Crippen LogP contribution in [0.1, 0.15) is 17.1 Å². The highest BCUT2D eigenvalue weighted by Gasteiger charge is 2.14. The number of halogens is 1. The van der Waals surface area contributed by atoms with Crippen LogP contribution in [0.15, 0.2) is 59.2 Å². The molecule has 5 nitrogen and oxygen atoms in total. The van der Waals surface area contributed by atoms with Crippen molar-refractivity contribution >= 4 is 22.6 Å². The van der Waals surface area contributed by atoms with Gasteiger partial charge in [-0.15, -0.1) is 0 Å². The Morgan fingerprint density at radius 1 is 1.04 bits per heavy atom. The van der Waals surface area contributed by atoms with E-state index in [2.05, 4.69) is 4.57 Å². The molecule has 0 saturated carbocycles. The summed E-state index contributed by atoms with van der Waals surface area (Å²) in [6.45, 7) is 0.605. The van der Waals surface area contributed by atoms with Crippen molar-refractivity contribution in [3.8, 4) is 11.5 Å². The van der Waals surface area contributed by atoms with E-state index in [0.717, 1.165) is 28.2 Å². The molecule has 27 heavy (non-hydrogen) atoms. The van der Waals surface area contributed by atoms with Gasteiger partial charge in [-0.1, -0.05) is 17.7 Å². The lowest BCUT2D eigenvalue weighted by atomic mass is 10.1. The largest absolute Gasteiger partial charge is 0.493 e. The summed E-state index contributed by atoms with van der Waals surface area (Å²) < 4.78 is 18.4. The molecule has 0 spiro atoms. The second kappa shape index (κ2) is 7.37. The van der Waals surface area contributed by atoms with Crippen LogP contribution in [-0.4, -0.2) is 23.8 Å². The Kier molecular flexibility index (Phi) is 4.77. The molecule has 0 aliphatic heterocycles. The highest BCUT2D eigenvalue weighted by atomic mass is 35.5. The first-order chi connectivity index (χ1) is 13.2. The second-order valence-electron chi connectivity index (χ2n) is 6.19. The van der Waals surface area contributed by atoms with Gasteiger partial charge in [-0.3, -0.25) is 0 Å². The van der Waals surface area contributed by atoms with Crippen LogP contribution in [-0.2, 0) is 13.0 Å². The Morgan fingerprint density at radius 3 is 2.63 bits per heavy atom. The summed E-state index contributed by atoms with van der Waals surface area (Å²) in [6.07, 6.45) is 2.33. The molecule has 0 amide bonds. The third-order valence-electron chi connectivity index (χ3n) is 4.49. The zero-order chi connectivity index (χ0) is 18.8. The van der Waals surface area contributed by atoms with E-state index in [0.29, 0.717) is 29.5 Å². The minimum Gasteiger partial charge on any atom is -0.493 e. The predicted molar refractivity (Wildman–Crippen MR) is 105 cm³/mol. The van der Waals surface area contributed by atoms with Crippen molar-refractivity contribution in [3.63, 3.8) is 0 Å². The fourth-order valence-corrected chi connectivity index (χ4v) is 3.36. The number of imidazole rings is 1. The average Bonchev–Trinajstić information content (AvgIpc) is 3.30. The van der Waals surface area contributed by atoms with Gasteiger partial charge in [0.1, 0.15) is 11.6 Å². The molecule has 6 heteroatoms. The summed E-state index contributed by atoms with van der Waals surface area (Å²) >= 11 is 6.16. The third-order valence-corrected chi connectivity index (χ3v) is 4.73. The first-order valence-electron chi connectivity index (χ1n) is 8.56. The molecule has 0 saturated heterocycles. The molecule has 0 unspecified atom stereocenters. The van der Waals surface area contributed by atoms with Crippen LogP contribution < -0.4 is 9.47 Å². The van der Waals surface area contributed by atoms with E-state index in [9.17, 15) is 0 Å². The van der Waals surface area contributed by atoms with Crippen molar-refractivity contribution in [1.82, 2.24) is 9.55 Å². The lowest BCUT2D eigenvalue weighted by Gasteiger charge is -2.11. The number of nitrogens with zero attached hydrogens (tertiary/aromatic N) is 2. The number of hydrogen-bond donors (Lipinski definition) is 0. The first-order valence-corrected chi connectivity index (χ1v) is 8.93. The standard InChI is InChI=1S/C21H19ClN2O3/c1-25-19-8-5-14(10-20(19)26-2)11-21-23-17-12-15(22)6-7-18(17)24(21)13-16-4-3-9-27-16/h3-10,12H,11,13H2,1-2H3. The van der Waals surface area contributed by atoms with Gasteiger partial charge in [0.25, 0.3) is 0 Å². The Morgan fingerprint density at radius 2 is 1.89 bits per heavy atom. The number of furan rings is 1. The number of methoxy groups -OCH3 is 2. The molecular formula is C21H19ClN2O3. The van der Waals surface area contributed by atoms with Crippen LogP contribution in [0, 0.1) is 0 Å². The maximum absolute atomic E-state index is 6.16. The average molecular weight is 383 g/mol. The minimum absolute atomic E-state index is 0.605. The van der Waals surface area contributed by atoms with E-state index in [1.165, 1.54) is 0 Å². The second-order valence-corrected chi connectivity index (χ2v) is 6.63. The number of rotatable bonds is 6. The van der Waals surface area contributed by atoms with Gasteiger partial charge in [-0.05, 0) is 48.0 Å². The zero-order valence-corrected chi connectivity index (χ0v) is 15.9. The molecule has 4 aromatic rings. The molecule has 0 aliphatic carbocycles. The Bertz CT molecular complexity index is 1070. The van der Waals surface area contributed by atoms with Crippen LogP contribution in [0.3, 0.4) is 0 Å². The monoisotopic (exact) mass is 382 g/mol. The van der Waals surface area contributed by atoms with Gasteiger partial charge in [-0.2, -0.15) is 0 Å². The van der Waals surface area contributed by atoms with Crippen LogP contribution >= 0.6 is 11.6 Å². The molecular weight excluding hydrogens is 364 g/mol. The van der Waals surface area contributed by atoms with Crippen LogP contribution in [0.25, 0.3) is 11.0 Å². The number of benzene rings is 2. The molecule has 0 aliphatic rings. The highest BCUT2D eigenvalue weighted by molar-refractivity contribution is 6.31. The molecule has 0 atom stereocenters. The molecule has 2 aromatic heterocycles. The lowest BCUT2D eigenvalue weighted by molar-refractivity contribution is 0.354. The number of hydrogen-bond acceptors (Lipinski definition) is 4. The Hall–Kier alpha value is -2.92. The molecule has 0 N–H and O–H groups in total. The van der Waals surface area contributed by atoms with Gasteiger partial charge in [0, 0.05) is 11.4 Å². The van der Waals surface area contributed by atoms with Crippen molar-refractivity contribution in [3.05, 3.63) is 77.0 Å². The number of ether oxygens (including phenoxy) is 2. The fraction of sp³-hybridized carbons (Fsp3) is 0.190. The minimum atomic E-state index is 0.605. The molecule has 2 aromatic carbocycles. The fourth-order valence-electron chi connectivity index (χ4n) is 3.20. The molecule has 0 bridgehead atoms. The van der Waals surface area contributed by atoms with Gasteiger partial charge in [0.05, 0.1) is 38.1 Å². The summed E-state index contributed by atoms with van der Waals surface area (Å²) in [5.74, 6) is 3.21. The topological polar surface area (TPSA) is 49.4 Å². The van der Waals surface area contributed by atoms with Gasteiger partial charge in [0.15, 0.2) is 11.5 Å². The number of fused-ring (bicyclic) bond motifs is 1. The van der Waals surface area contributed by atoms with Crippen molar-refractivity contribution in [2.45, 2.75) is 13.0 Å². The van der Waals surface area contributed by atoms with Crippen LogP contribution in [0.4, 0.5) is 0 Å². The van der Waals surface area contributed by atoms with E-state index in [-0.39, 0.29) is 0 Å². The van der Waals surface area contributed by atoms with Gasteiger partial charge in [0.2, 0.25) is 0 Å². The van der Waals surface area contributed by atoms with Crippen molar-refractivity contribution in [2.24, 2.45) is 0 Å². The van der Waals surface area contributed by atoms with Crippen LogP contribution in [0.2, 0.25) is 5.02 Å². The third kappa shape index (κ3) is 3.51. The lowest BCUT2D eigenvalue weighted by Crippen LogP contribution is -2.05. The normalized spacial score (nSPS) is 11.1. The SMILES string of the molecule is COc1ccc(Cc2nc3cc(Cl)ccc3n2Cc2ccco2)cc1OC. The van der Waals surface area contributed by atoms with E-state index >= 15 is 0 Å². The first kappa shape index (κ1) is 17.5. The van der Waals surface area contributed by atoms with Crippen molar-refractivity contribution < 1.29 is 13.9 Å². The zero-order valence-electron chi connectivity index (χ0n) is 15.1. The molecule has 4 rings (SSSR count). The van der Waals surface area contributed by atoms with Crippen LogP contribution in [0.5, 0.6) is 11.5 Å². The molecule has 2 heterocycles. The summed E-state index contributed by atoms with van der Waals surface area (Å²) in [6, 6.07) is 15.5. The van der Waals surface area contributed by atoms with E-state index < -0.39 is 0 Å². The van der Waals surface area contributed by atoms with E-state index in [1.54, 1.807) is 20.5 Å². The Balaban J connectivity index is 1.76. The smallest absolute Gasteiger partial charge is 0.161 e. The highest BCUT2D eigenvalue weighted by Crippen LogP contribution is 2.29. The van der Waals surface area contributed by atoms with Gasteiger partial charge in [-0.25, -0.2) is 4.98 Å². The predicted octanol–water partition coefficient (Wildman–Crippen LogP) is 4.94. The molecule has 0 fully saturated rings. The summed E-state index contributed by atoms with van der Waals surface area (Å²) in [7, 11) is 3.26. The molecule has 0 radical (unpaired) electrons. The maximum Gasteiger partial charge on any atom is 0.161 e. The van der Waals surface area contributed by atoms with Crippen molar-refractivity contribution in [1.29, 1.82) is 0 Å². The van der Waals surface area contributed by atoms with Gasteiger partial charge < -0.3 is 18.5 Å². The van der Waals surface area contributed by atoms with E-state index in [1.807, 2.05) is 48.5 Å². The number of aromatic nitrogens is 2. The molecule has 138 valence electrons. The van der Waals surface area contributed by atoms with Gasteiger partial charge >= 0.3 is 0 Å². The summed E-state index contributed by atoms with van der Waals surface area (Å²) in [5, 5.41) is 0.669. The maximum atomic E-state index is 6.16. The summed E-state index contributed by atoms with van der Waals surface area (Å²) in [4.78, 5) is 4.81. The van der Waals surface area contributed by atoms with E-state index in [4.69, 9.17) is 30.5 Å².